The number of unbranched alkanes of at least 4 members (excludes halogenated alkanes) is 55. The first-order valence-electron chi connectivity index (χ1n) is 42.2. The summed E-state index contributed by atoms with van der Waals surface area (Å²) < 4.78 is 11.3. The molecule has 1 saturated heterocycles. The maximum absolute atomic E-state index is 13.2. The van der Waals surface area contributed by atoms with Crippen LogP contribution in [0.5, 0.6) is 0 Å². The molecule has 1 aliphatic heterocycles. The number of aliphatic hydroxyl groups excluding tert-OH is 5. The van der Waals surface area contributed by atoms with Crippen molar-refractivity contribution < 1.29 is 39.8 Å². The molecule has 9 heteroatoms. The molecule has 0 spiro atoms. The van der Waals surface area contributed by atoms with Crippen LogP contribution in [0.25, 0.3) is 0 Å². The van der Waals surface area contributed by atoms with E-state index in [0.717, 1.165) is 57.8 Å². The monoisotopic (exact) mass is 1350 g/mol. The summed E-state index contributed by atoms with van der Waals surface area (Å²) in [4.78, 5) is 13.2. The van der Waals surface area contributed by atoms with Crippen LogP contribution < -0.4 is 5.32 Å². The number of nitrogens with one attached hydrogen (secondary N) is 1. The summed E-state index contributed by atoms with van der Waals surface area (Å²) in [5, 5.41) is 54.9. The zero-order valence-electron chi connectivity index (χ0n) is 63.4. The molecular formula is C87H161NO8. The predicted octanol–water partition coefficient (Wildman–Crippen LogP) is 24.6. The Kier molecular flexibility index (Phi) is 71.9. The Balaban J connectivity index is 2.06. The largest absolute Gasteiger partial charge is 0.394 e. The van der Waals surface area contributed by atoms with Gasteiger partial charge in [0.2, 0.25) is 5.91 Å². The second kappa shape index (κ2) is 75.3. The zero-order chi connectivity index (χ0) is 69.2. The first-order chi connectivity index (χ1) is 47.3. The van der Waals surface area contributed by atoms with Gasteiger partial charge >= 0.3 is 0 Å². The number of ether oxygens (including phenoxy) is 2. The molecule has 0 aliphatic carbocycles. The van der Waals surface area contributed by atoms with Gasteiger partial charge in [0.15, 0.2) is 6.29 Å². The Morgan fingerprint density at radius 2 is 0.625 bits per heavy atom. The third-order valence-electron chi connectivity index (χ3n) is 20.0. The molecule has 1 heterocycles. The van der Waals surface area contributed by atoms with E-state index in [1.54, 1.807) is 6.08 Å². The highest BCUT2D eigenvalue weighted by Crippen LogP contribution is 2.24. The summed E-state index contributed by atoms with van der Waals surface area (Å²) in [6, 6.07) is -0.832. The summed E-state index contributed by atoms with van der Waals surface area (Å²) in [6.45, 7) is 3.80. The topological polar surface area (TPSA) is 149 Å². The third-order valence-corrected chi connectivity index (χ3v) is 20.0. The van der Waals surface area contributed by atoms with Crippen LogP contribution in [-0.4, -0.2) is 87.5 Å². The molecule has 1 rings (SSSR count). The molecule has 1 fully saturated rings. The van der Waals surface area contributed by atoms with E-state index >= 15 is 0 Å². The number of amides is 1. The number of allylic oxidation sites excluding steroid dienone is 11. The van der Waals surface area contributed by atoms with Crippen molar-refractivity contribution >= 4 is 5.91 Å². The average molecular weight is 1350 g/mol. The van der Waals surface area contributed by atoms with Crippen molar-refractivity contribution in [1.82, 2.24) is 5.32 Å². The van der Waals surface area contributed by atoms with Gasteiger partial charge in [-0.1, -0.05) is 401 Å². The first kappa shape index (κ1) is 91.6. The number of aliphatic hydroxyl groups is 5. The molecule has 0 radical (unpaired) electrons. The summed E-state index contributed by atoms with van der Waals surface area (Å²) >= 11 is 0. The molecular weight excluding hydrogens is 1190 g/mol. The molecule has 1 amide bonds. The van der Waals surface area contributed by atoms with E-state index in [1.807, 2.05) is 6.08 Å². The van der Waals surface area contributed by atoms with Gasteiger partial charge in [-0.05, 0) is 83.5 Å². The first-order valence-corrected chi connectivity index (χ1v) is 42.2. The van der Waals surface area contributed by atoms with Crippen LogP contribution in [0.15, 0.2) is 72.9 Å². The van der Waals surface area contributed by atoms with Gasteiger partial charge in [0.05, 0.1) is 25.4 Å². The molecule has 7 atom stereocenters. The minimum absolute atomic E-state index is 0.184. The highest BCUT2D eigenvalue weighted by molar-refractivity contribution is 5.76. The van der Waals surface area contributed by atoms with Crippen molar-refractivity contribution in [2.75, 3.05) is 13.2 Å². The molecule has 96 heavy (non-hydrogen) atoms. The van der Waals surface area contributed by atoms with Crippen molar-refractivity contribution in [2.45, 2.75) is 461 Å². The van der Waals surface area contributed by atoms with E-state index in [1.165, 1.54) is 340 Å². The van der Waals surface area contributed by atoms with Crippen LogP contribution in [0.3, 0.4) is 0 Å². The smallest absolute Gasteiger partial charge is 0.220 e. The third kappa shape index (κ3) is 62.6. The van der Waals surface area contributed by atoms with E-state index in [0.29, 0.717) is 6.42 Å². The summed E-state index contributed by atoms with van der Waals surface area (Å²) in [5.41, 5.74) is 0. The molecule has 562 valence electrons. The van der Waals surface area contributed by atoms with Crippen LogP contribution in [0.1, 0.15) is 418 Å². The molecule has 0 aromatic heterocycles. The second-order valence-electron chi connectivity index (χ2n) is 29.3. The van der Waals surface area contributed by atoms with Gasteiger partial charge in [-0.15, -0.1) is 0 Å². The Hall–Kier alpha value is -2.37. The Bertz CT molecular complexity index is 1760. The van der Waals surface area contributed by atoms with Gasteiger partial charge in [0, 0.05) is 6.42 Å². The maximum Gasteiger partial charge on any atom is 0.220 e. The lowest BCUT2D eigenvalue weighted by molar-refractivity contribution is -0.302. The lowest BCUT2D eigenvalue weighted by Gasteiger charge is -2.40. The highest BCUT2D eigenvalue weighted by atomic mass is 16.7. The Morgan fingerprint density at radius 3 is 0.948 bits per heavy atom. The van der Waals surface area contributed by atoms with Crippen molar-refractivity contribution in [3.05, 3.63) is 72.9 Å². The molecule has 7 unspecified atom stereocenters. The van der Waals surface area contributed by atoms with Crippen molar-refractivity contribution in [1.29, 1.82) is 0 Å². The van der Waals surface area contributed by atoms with Crippen LogP contribution in [0.2, 0.25) is 0 Å². The number of rotatable bonds is 75. The minimum atomic E-state index is -1.58. The Labute approximate surface area is 595 Å². The Morgan fingerprint density at radius 1 is 0.354 bits per heavy atom. The molecule has 1 aliphatic rings. The van der Waals surface area contributed by atoms with E-state index in [-0.39, 0.29) is 12.5 Å². The van der Waals surface area contributed by atoms with Gasteiger partial charge in [-0.25, -0.2) is 0 Å². The standard InChI is InChI=1S/C87H161NO8/c1-3-5-7-9-11-13-15-17-19-21-23-25-27-29-31-33-35-37-38-39-40-41-42-43-44-45-47-49-51-53-55-57-59-61-63-65-67-69-71-73-75-77-83(91)88-80(79-95-87-86(94)85(93)84(92)82(78-89)96-87)81(90)76-74-72-70-68-66-64-62-60-58-56-54-52-50-48-46-36-34-32-30-28-26-24-22-20-18-16-14-12-10-8-6-4-2/h15,17,21,23,27,29,58,60,66,68,74,76,80-82,84-87,89-90,92-94H,3-14,16,18-20,22,24-26,28,30-57,59,61-65,67,69-73,75,77-79H2,1-2H3,(H,88,91)/b17-15-,23-21-,29-27-,60-58+,68-66+,76-74+. The molecule has 6 N–H and O–H groups in total. The van der Waals surface area contributed by atoms with Crippen LogP contribution >= 0.6 is 0 Å². The second-order valence-corrected chi connectivity index (χ2v) is 29.3. The number of hydrogen-bond acceptors (Lipinski definition) is 8. The van der Waals surface area contributed by atoms with Crippen molar-refractivity contribution in [2.24, 2.45) is 0 Å². The quantitative estimate of drug-likeness (QED) is 0.0261. The van der Waals surface area contributed by atoms with E-state index in [2.05, 4.69) is 79.9 Å². The summed E-state index contributed by atoms with van der Waals surface area (Å²) in [6.07, 6.45) is 101. The number of hydrogen-bond donors (Lipinski definition) is 6. The molecule has 0 aromatic carbocycles. The normalized spacial score (nSPS) is 17.8. The fraction of sp³-hybridized carbons (Fsp3) is 0.851. The lowest BCUT2D eigenvalue weighted by atomic mass is 9.99. The summed E-state index contributed by atoms with van der Waals surface area (Å²) in [7, 11) is 0. The molecule has 0 bridgehead atoms. The van der Waals surface area contributed by atoms with E-state index in [9.17, 15) is 30.3 Å². The van der Waals surface area contributed by atoms with Gasteiger partial charge < -0.3 is 40.3 Å². The number of carbonyl (C=O) groups excluding carboxylic acids is 1. The zero-order valence-corrected chi connectivity index (χ0v) is 63.4. The lowest BCUT2D eigenvalue weighted by Crippen LogP contribution is -2.60. The SMILES string of the molecule is CCCCCCC/C=C\C/C=C\C/C=C\CCCCCCCCCCCCCCCCCCCCCCCCCCCCC(=O)NC(COC1OC(CO)C(O)C(O)C1O)C(O)/C=C/CC/C=C/CC/C=C/CCCCCCCCCCCCCCCCCCCCCCCC. The molecule has 9 nitrogen and oxygen atoms in total. The van der Waals surface area contributed by atoms with Gasteiger partial charge in [0.25, 0.3) is 0 Å². The van der Waals surface area contributed by atoms with Gasteiger partial charge in [-0.2, -0.15) is 0 Å². The van der Waals surface area contributed by atoms with Gasteiger partial charge in [-0.3, -0.25) is 4.79 Å². The maximum atomic E-state index is 13.2. The highest BCUT2D eigenvalue weighted by Gasteiger charge is 2.44. The predicted molar refractivity (Wildman–Crippen MR) is 415 cm³/mol. The van der Waals surface area contributed by atoms with Crippen LogP contribution in [0, 0.1) is 0 Å². The van der Waals surface area contributed by atoms with Crippen molar-refractivity contribution in [3.63, 3.8) is 0 Å². The number of carbonyl (C=O) groups is 1. The molecule has 0 saturated carbocycles. The molecule has 0 aromatic rings. The fourth-order valence-corrected chi connectivity index (χ4v) is 13.4. The average Bonchev–Trinajstić information content (AvgIpc) is 0.840. The van der Waals surface area contributed by atoms with E-state index < -0.39 is 49.5 Å². The van der Waals surface area contributed by atoms with E-state index in [4.69, 9.17) is 9.47 Å². The van der Waals surface area contributed by atoms with Gasteiger partial charge in [0.1, 0.15) is 24.4 Å². The van der Waals surface area contributed by atoms with Crippen LogP contribution in [0.4, 0.5) is 0 Å². The fourth-order valence-electron chi connectivity index (χ4n) is 13.4. The summed E-state index contributed by atoms with van der Waals surface area (Å²) in [5.74, 6) is -0.184. The minimum Gasteiger partial charge on any atom is -0.394 e. The van der Waals surface area contributed by atoms with Crippen molar-refractivity contribution in [3.8, 4) is 0 Å². The van der Waals surface area contributed by atoms with Crippen LogP contribution in [-0.2, 0) is 14.3 Å².